The third-order valence-electron chi connectivity index (χ3n) is 7.44. The Morgan fingerprint density at radius 2 is 1.85 bits per heavy atom. The molecular formula is C28H32N2O4. The molecular weight excluding hydrogens is 428 g/mol. The lowest BCUT2D eigenvalue weighted by Crippen LogP contribution is -2.50. The summed E-state index contributed by atoms with van der Waals surface area (Å²) in [7, 11) is 3.23. The number of hydrogen-bond donors (Lipinski definition) is 1. The summed E-state index contributed by atoms with van der Waals surface area (Å²) in [6, 6.07) is 11.1. The first kappa shape index (κ1) is 22.5. The number of fused-ring (bicyclic) bond motifs is 4. The van der Waals surface area contributed by atoms with Crippen molar-refractivity contribution >= 4 is 11.8 Å². The molecule has 5 rings (SSSR count). The molecule has 0 aromatic heterocycles. The van der Waals surface area contributed by atoms with Gasteiger partial charge in [0.15, 0.2) is 11.5 Å². The predicted octanol–water partition coefficient (Wildman–Crippen LogP) is 4.55. The van der Waals surface area contributed by atoms with Crippen molar-refractivity contribution in [3.63, 3.8) is 0 Å². The van der Waals surface area contributed by atoms with Crippen LogP contribution in [0, 0.1) is 0 Å². The molecule has 1 N–H and O–H groups in total. The molecule has 0 radical (unpaired) electrons. The van der Waals surface area contributed by atoms with Crippen LogP contribution in [0.15, 0.2) is 48.0 Å². The Labute approximate surface area is 200 Å². The van der Waals surface area contributed by atoms with Gasteiger partial charge in [0.1, 0.15) is 0 Å². The second kappa shape index (κ2) is 9.53. The monoisotopic (exact) mass is 460 g/mol. The zero-order valence-electron chi connectivity index (χ0n) is 19.9. The maximum Gasteiger partial charge on any atom is 0.254 e. The SMILES string of the molecule is COc1cc2c(cc1OC)[C@H]1[C@@H](C(=O)NCCC3=CCCCC3)c3ccccc3C(=O)N1CC2. The van der Waals surface area contributed by atoms with Gasteiger partial charge in [-0.05, 0) is 73.4 Å². The van der Waals surface area contributed by atoms with Crippen molar-refractivity contribution in [2.45, 2.75) is 50.5 Å². The number of amides is 2. The van der Waals surface area contributed by atoms with Crippen molar-refractivity contribution in [2.75, 3.05) is 27.3 Å². The Morgan fingerprint density at radius 1 is 1.06 bits per heavy atom. The van der Waals surface area contributed by atoms with E-state index in [1.165, 1.54) is 18.4 Å². The van der Waals surface area contributed by atoms with Gasteiger partial charge in [0.05, 0.1) is 26.2 Å². The Morgan fingerprint density at radius 3 is 2.62 bits per heavy atom. The average Bonchev–Trinajstić information content (AvgIpc) is 2.88. The van der Waals surface area contributed by atoms with E-state index in [0.717, 1.165) is 36.0 Å². The smallest absolute Gasteiger partial charge is 0.254 e. The standard InChI is InChI=1S/C28H32N2O4/c1-33-23-16-19-13-15-30-26(22(19)17-24(23)34-2)25(20-10-6-7-11-21(20)28(30)32)27(31)29-14-12-18-8-4-3-5-9-18/h6-8,10-11,16-17,25-26H,3-5,9,12-15H2,1-2H3,(H,29,31)/t25-,26-/m0/s1. The summed E-state index contributed by atoms with van der Waals surface area (Å²) >= 11 is 0. The molecule has 34 heavy (non-hydrogen) atoms. The maximum absolute atomic E-state index is 13.7. The van der Waals surface area contributed by atoms with Gasteiger partial charge in [0.25, 0.3) is 5.91 Å². The lowest BCUT2D eigenvalue weighted by molar-refractivity contribution is -0.124. The molecule has 0 bridgehead atoms. The Kier molecular flexibility index (Phi) is 6.31. The van der Waals surface area contributed by atoms with Gasteiger partial charge in [0, 0.05) is 18.7 Å². The number of ether oxygens (including phenoxy) is 2. The van der Waals surface area contributed by atoms with E-state index >= 15 is 0 Å². The Bertz CT molecular complexity index is 1140. The molecule has 2 heterocycles. The van der Waals surface area contributed by atoms with E-state index in [1.54, 1.807) is 14.2 Å². The number of hydrogen-bond acceptors (Lipinski definition) is 4. The molecule has 2 atom stereocenters. The van der Waals surface area contributed by atoms with Gasteiger partial charge < -0.3 is 19.7 Å². The summed E-state index contributed by atoms with van der Waals surface area (Å²) in [6.07, 6.45) is 8.67. The van der Waals surface area contributed by atoms with Gasteiger partial charge in [-0.25, -0.2) is 0 Å². The molecule has 2 aromatic carbocycles. The molecule has 0 saturated carbocycles. The van der Waals surface area contributed by atoms with Crippen molar-refractivity contribution in [1.82, 2.24) is 10.2 Å². The quantitative estimate of drug-likeness (QED) is 0.643. The van der Waals surface area contributed by atoms with E-state index in [9.17, 15) is 9.59 Å². The molecule has 2 amide bonds. The highest BCUT2D eigenvalue weighted by atomic mass is 16.5. The summed E-state index contributed by atoms with van der Waals surface area (Å²) in [5, 5.41) is 3.20. The van der Waals surface area contributed by atoms with Crippen LogP contribution in [0.25, 0.3) is 0 Å². The zero-order chi connectivity index (χ0) is 23.7. The van der Waals surface area contributed by atoms with Gasteiger partial charge in [0.2, 0.25) is 5.91 Å². The highest BCUT2D eigenvalue weighted by Crippen LogP contribution is 2.48. The van der Waals surface area contributed by atoms with Crippen molar-refractivity contribution in [3.8, 4) is 11.5 Å². The van der Waals surface area contributed by atoms with Gasteiger partial charge >= 0.3 is 0 Å². The van der Waals surface area contributed by atoms with Gasteiger partial charge in [-0.3, -0.25) is 9.59 Å². The van der Waals surface area contributed by atoms with Crippen LogP contribution in [0.3, 0.4) is 0 Å². The van der Waals surface area contributed by atoms with Crippen LogP contribution in [-0.4, -0.2) is 44.0 Å². The summed E-state index contributed by atoms with van der Waals surface area (Å²) in [5.74, 6) is 0.745. The van der Waals surface area contributed by atoms with Crippen molar-refractivity contribution in [3.05, 3.63) is 70.3 Å². The molecule has 2 aromatic rings. The third-order valence-corrected chi connectivity index (χ3v) is 7.44. The normalized spacial score (nSPS) is 21.1. The zero-order valence-corrected chi connectivity index (χ0v) is 19.9. The first-order chi connectivity index (χ1) is 16.6. The summed E-state index contributed by atoms with van der Waals surface area (Å²) in [4.78, 5) is 29.1. The minimum atomic E-state index is -0.480. The summed E-state index contributed by atoms with van der Waals surface area (Å²) in [6.45, 7) is 1.18. The molecule has 1 aliphatic carbocycles. The van der Waals surface area contributed by atoms with E-state index in [0.29, 0.717) is 36.6 Å². The number of allylic oxidation sites excluding steroid dienone is 1. The topological polar surface area (TPSA) is 67.9 Å². The van der Waals surface area contributed by atoms with Crippen molar-refractivity contribution < 1.29 is 19.1 Å². The van der Waals surface area contributed by atoms with E-state index in [-0.39, 0.29) is 17.9 Å². The lowest BCUT2D eigenvalue weighted by Gasteiger charge is -2.45. The molecule has 0 fully saturated rings. The summed E-state index contributed by atoms with van der Waals surface area (Å²) in [5.41, 5.74) is 4.91. The fourth-order valence-corrected chi connectivity index (χ4v) is 5.72. The van der Waals surface area contributed by atoms with Crippen LogP contribution >= 0.6 is 0 Å². The fraction of sp³-hybridized carbons (Fsp3) is 0.429. The Balaban J connectivity index is 1.51. The van der Waals surface area contributed by atoms with Crippen molar-refractivity contribution in [1.29, 1.82) is 0 Å². The average molecular weight is 461 g/mol. The molecule has 0 unspecified atom stereocenters. The minimum absolute atomic E-state index is 0.0163. The molecule has 6 nitrogen and oxygen atoms in total. The fourth-order valence-electron chi connectivity index (χ4n) is 5.72. The highest BCUT2D eigenvalue weighted by molar-refractivity contribution is 6.01. The second-order valence-corrected chi connectivity index (χ2v) is 9.31. The van der Waals surface area contributed by atoms with Crippen LogP contribution in [0.2, 0.25) is 0 Å². The van der Waals surface area contributed by atoms with E-state index in [1.807, 2.05) is 41.3 Å². The molecule has 0 spiro atoms. The molecule has 0 saturated heterocycles. The van der Waals surface area contributed by atoms with Crippen molar-refractivity contribution in [2.24, 2.45) is 0 Å². The number of nitrogens with one attached hydrogen (secondary N) is 1. The maximum atomic E-state index is 13.7. The highest BCUT2D eigenvalue weighted by Gasteiger charge is 2.46. The number of carbonyl (C=O) groups is 2. The van der Waals surface area contributed by atoms with Crippen LogP contribution in [0.5, 0.6) is 11.5 Å². The van der Waals surface area contributed by atoms with E-state index in [2.05, 4.69) is 11.4 Å². The molecule has 6 heteroatoms. The van der Waals surface area contributed by atoms with E-state index < -0.39 is 5.92 Å². The molecule has 178 valence electrons. The number of nitrogens with zero attached hydrogens (tertiary/aromatic N) is 1. The lowest BCUT2D eigenvalue weighted by atomic mass is 9.75. The van der Waals surface area contributed by atoms with Crippen LogP contribution in [0.1, 0.15) is 71.1 Å². The minimum Gasteiger partial charge on any atom is -0.493 e. The Hall–Kier alpha value is -3.28. The molecule has 2 aliphatic heterocycles. The van der Waals surface area contributed by atoms with Gasteiger partial charge in [-0.1, -0.05) is 29.8 Å². The number of benzene rings is 2. The van der Waals surface area contributed by atoms with Crippen LogP contribution in [-0.2, 0) is 11.2 Å². The van der Waals surface area contributed by atoms with Crippen LogP contribution < -0.4 is 14.8 Å². The second-order valence-electron chi connectivity index (χ2n) is 9.31. The third kappa shape index (κ3) is 3.95. The van der Waals surface area contributed by atoms with Gasteiger partial charge in [-0.15, -0.1) is 0 Å². The number of carbonyl (C=O) groups excluding carboxylic acids is 2. The molecule has 3 aliphatic rings. The number of rotatable bonds is 6. The van der Waals surface area contributed by atoms with E-state index in [4.69, 9.17) is 9.47 Å². The van der Waals surface area contributed by atoms with Crippen LogP contribution in [0.4, 0.5) is 0 Å². The predicted molar refractivity (Wildman–Crippen MR) is 130 cm³/mol. The number of methoxy groups -OCH3 is 2. The van der Waals surface area contributed by atoms with Gasteiger partial charge in [-0.2, -0.15) is 0 Å². The first-order valence-electron chi connectivity index (χ1n) is 12.2. The largest absolute Gasteiger partial charge is 0.493 e. The first-order valence-corrected chi connectivity index (χ1v) is 12.2. The summed E-state index contributed by atoms with van der Waals surface area (Å²) < 4.78 is 11.1.